The first-order chi connectivity index (χ1) is 9.17. The molecule has 2 aliphatic heterocycles. The molecule has 5 heteroatoms. The summed E-state index contributed by atoms with van der Waals surface area (Å²) >= 11 is 0. The monoisotopic (exact) mass is 263 g/mol. The van der Waals surface area contributed by atoms with Crippen LogP contribution in [0.2, 0.25) is 0 Å². The lowest BCUT2D eigenvalue weighted by molar-refractivity contribution is -0.132. The van der Waals surface area contributed by atoms with Crippen LogP contribution in [0.25, 0.3) is 0 Å². The number of nitrogens with one attached hydrogen (secondary N) is 1. The molecule has 0 atom stereocenters. The van der Waals surface area contributed by atoms with Gasteiger partial charge in [-0.1, -0.05) is 5.16 Å². The number of hydrogen-bond donors (Lipinski definition) is 1. The van der Waals surface area contributed by atoms with E-state index in [1.165, 1.54) is 6.42 Å². The highest BCUT2D eigenvalue weighted by Gasteiger charge is 2.37. The van der Waals surface area contributed by atoms with Crippen molar-refractivity contribution in [3.63, 3.8) is 0 Å². The SMILES string of the molecule is Cc1cc(CC(=O)N2CCC3(CCNC3)CC2)no1. The summed E-state index contributed by atoms with van der Waals surface area (Å²) in [6.45, 7) is 5.87. The highest BCUT2D eigenvalue weighted by atomic mass is 16.5. The van der Waals surface area contributed by atoms with E-state index in [9.17, 15) is 4.79 Å². The maximum Gasteiger partial charge on any atom is 0.228 e. The van der Waals surface area contributed by atoms with Crippen LogP contribution in [0.4, 0.5) is 0 Å². The number of rotatable bonds is 2. The van der Waals surface area contributed by atoms with Crippen LogP contribution in [0, 0.1) is 12.3 Å². The Kier molecular flexibility index (Phi) is 3.31. The summed E-state index contributed by atoms with van der Waals surface area (Å²) < 4.78 is 5.00. The van der Waals surface area contributed by atoms with Gasteiger partial charge in [-0.15, -0.1) is 0 Å². The molecule has 0 aromatic carbocycles. The fourth-order valence-electron chi connectivity index (χ4n) is 3.22. The number of likely N-dealkylation sites (tertiary alicyclic amines) is 1. The summed E-state index contributed by atoms with van der Waals surface area (Å²) in [6.07, 6.45) is 3.88. The quantitative estimate of drug-likeness (QED) is 0.869. The van der Waals surface area contributed by atoms with Gasteiger partial charge >= 0.3 is 0 Å². The van der Waals surface area contributed by atoms with Crippen LogP contribution in [-0.4, -0.2) is 42.1 Å². The minimum atomic E-state index is 0.175. The van der Waals surface area contributed by atoms with E-state index in [0.717, 1.165) is 50.5 Å². The Labute approximate surface area is 113 Å². The van der Waals surface area contributed by atoms with Gasteiger partial charge in [0, 0.05) is 25.7 Å². The Bertz CT molecular complexity index is 453. The maximum absolute atomic E-state index is 12.2. The first-order valence-corrected chi connectivity index (χ1v) is 7.08. The largest absolute Gasteiger partial charge is 0.361 e. The minimum absolute atomic E-state index is 0.175. The molecule has 0 aliphatic carbocycles. The van der Waals surface area contributed by atoms with Crippen molar-refractivity contribution in [2.24, 2.45) is 5.41 Å². The molecular formula is C14H21N3O2. The Morgan fingerprint density at radius 3 is 2.84 bits per heavy atom. The molecule has 3 rings (SSSR count). The zero-order valence-corrected chi connectivity index (χ0v) is 11.4. The van der Waals surface area contributed by atoms with Gasteiger partial charge in [0.15, 0.2) is 0 Å². The molecule has 1 N–H and O–H groups in total. The molecule has 0 radical (unpaired) electrons. The van der Waals surface area contributed by atoms with Gasteiger partial charge in [-0.2, -0.15) is 0 Å². The van der Waals surface area contributed by atoms with E-state index in [1.807, 2.05) is 17.9 Å². The lowest BCUT2D eigenvalue weighted by atomic mass is 9.78. The van der Waals surface area contributed by atoms with E-state index in [4.69, 9.17) is 4.52 Å². The van der Waals surface area contributed by atoms with Crippen molar-refractivity contribution >= 4 is 5.91 Å². The van der Waals surface area contributed by atoms with Gasteiger partial charge in [0.25, 0.3) is 0 Å². The molecule has 19 heavy (non-hydrogen) atoms. The molecule has 2 fully saturated rings. The second-order valence-corrected chi connectivity index (χ2v) is 5.91. The normalized spacial score (nSPS) is 22.1. The van der Waals surface area contributed by atoms with Crippen molar-refractivity contribution in [2.75, 3.05) is 26.2 Å². The average molecular weight is 263 g/mol. The maximum atomic E-state index is 12.2. The molecule has 2 aliphatic rings. The van der Waals surface area contributed by atoms with Crippen LogP contribution in [0.3, 0.4) is 0 Å². The smallest absolute Gasteiger partial charge is 0.228 e. The number of nitrogens with zero attached hydrogens (tertiary/aromatic N) is 2. The third-order valence-corrected chi connectivity index (χ3v) is 4.52. The van der Waals surface area contributed by atoms with Gasteiger partial charge in [-0.05, 0) is 38.1 Å². The second-order valence-electron chi connectivity index (χ2n) is 5.91. The van der Waals surface area contributed by atoms with E-state index < -0.39 is 0 Å². The summed E-state index contributed by atoms with van der Waals surface area (Å²) in [5.74, 6) is 0.937. The first-order valence-electron chi connectivity index (χ1n) is 7.08. The van der Waals surface area contributed by atoms with Gasteiger partial charge < -0.3 is 14.7 Å². The molecule has 3 heterocycles. The first kappa shape index (κ1) is 12.7. The summed E-state index contributed by atoms with van der Waals surface area (Å²) in [7, 11) is 0. The Hall–Kier alpha value is -1.36. The van der Waals surface area contributed by atoms with E-state index in [2.05, 4.69) is 10.5 Å². The molecule has 1 spiro atoms. The van der Waals surface area contributed by atoms with Crippen molar-refractivity contribution in [2.45, 2.75) is 32.6 Å². The Morgan fingerprint density at radius 1 is 1.47 bits per heavy atom. The predicted molar refractivity (Wildman–Crippen MR) is 70.7 cm³/mol. The topological polar surface area (TPSA) is 58.4 Å². The van der Waals surface area contributed by atoms with Crippen LogP contribution in [0.1, 0.15) is 30.7 Å². The average Bonchev–Trinajstić information content (AvgIpc) is 3.00. The molecule has 1 aromatic rings. The van der Waals surface area contributed by atoms with Crippen LogP contribution in [0.15, 0.2) is 10.6 Å². The molecule has 0 bridgehead atoms. The number of aryl methyl sites for hydroxylation is 1. The van der Waals surface area contributed by atoms with E-state index >= 15 is 0 Å². The fraction of sp³-hybridized carbons (Fsp3) is 0.714. The molecular weight excluding hydrogens is 242 g/mol. The van der Waals surface area contributed by atoms with Crippen LogP contribution in [0.5, 0.6) is 0 Å². The molecule has 104 valence electrons. The van der Waals surface area contributed by atoms with Crippen molar-refractivity contribution < 1.29 is 9.32 Å². The van der Waals surface area contributed by atoms with E-state index in [1.54, 1.807) is 0 Å². The molecule has 1 aromatic heterocycles. The molecule has 2 saturated heterocycles. The van der Waals surface area contributed by atoms with E-state index in [0.29, 0.717) is 11.8 Å². The predicted octanol–water partition coefficient (Wildman–Crippen LogP) is 1.13. The summed E-state index contributed by atoms with van der Waals surface area (Å²) in [6, 6.07) is 1.84. The standard InChI is InChI=1S/C14H21N3O2/c1-11-8-12(16-19-11)9-13(18)17-6-3-14(4-7-17)2-5-15-10-14/h8,15H,2-7,9-10H2,1H3. The molecule has 5 nitrogen and oxygen atoms in total. The molecule has 1 amide bonds. The number of amides is 1. The van der Waals surface area contributed by atoms with E-state index in [-0.39, 0.29) is 5.91 Å². The summed E-state index contributed by atoms with van der Waals surface area (Å²) in [5, 5.41) is 7.33. The van der Waals surface area contributed by atoms with Gasteiger partial charge in [0.1, 0.15) is 5.76 Å². The van der Waals surface area contributed by atoms with Crippen LogP contribution in [-0.2, 0) is 11.2 Å². The third kappa shape index (κ3) is 2.66. The van der Waals surface area contributed by atoms with Gasteiger partial charge in [-0.25, -0.2) is 0 Å². The Balaban J connectivity index is 1.54. The van der Waals surface area contributed by atoms with Gasteiger partial charge in [-0.3, -0.25) is 4.79 Å². The van der Waals surface area contributed by atoms with Gasteiger partial charge in [0.2, 0.25) is 5.91 Å². The van der Waals surface area contributed by atoms with Crippen molar-refractivity contribution in [1.82, 2.24) is 15.4 Å². The summed E-state index contributed by atoms with van der Waals surface area (Å²) in [4.78, 5) is 14.2. The number of aromatic nitrogens is 1. The highest BCUT2D eigenvalue weighted by molar-refractivity contribution is 5.78. The number of piperidine rings is 1. The zero-order valence-electron chi connectivity index (χ0n) is 11.4. The van der Waals surface area contributed by atoms with Crippen molar-refractivity contribution in [1.29, 1.82) is 0 Å². The third-order valence-electron chi connectivity index (χ3n) is 4.52. The van der Waals surface area contributed by atoms with Gasteiger partial charge in [0.05, 0.1) is 12.1 Å². The molecule has 0 unspecified atom stereocenters. The molecule has 0 saturated carbocycles. The number of hydrogen-bond acceptors (Lipinski definition) is 4. The minimum Gasteiger partial charge on any atom is -0.361 e. The van der Waals surface area contributed by atoms with Crippen LogP contribution < -0.4 is 5.32 Å². The van der Waals surface area contributed by atoms with Crippen molar-refractivity contribution in [3.8, 4) is 0 Å². The van der Waals surface area contributed by atoms with Crippen LogP contribution >= 0.6 is 0 Å². The fourth-order valence-corrected chi connectivity index (χ4v) is 3.22. The lowest BCUT2D eigenvalue weighted by Gasteiger charge is -2.38. The summed E-state index contributed by atoms with van der Waals surface area (Å²) in [5.41, 5.74) is 1.20. The Morgan fingerprint density at radius 2 is 2.26 bits per heavy atom. The lowest BCUT2D eigenvalue weighted by Crippen LogP contribution is -2.44. The number of carbonyl (C=O) groups is 1. The number of carbonyl (C=O) groups excluding carboxylic acids is 1. The highest BCUT2D eigenvalue weighted by Crippen LogP contribution is 2.36. The zero-order chi connectivity index (χ0) is 13.3. The van der Waals surface area contributed by atoms with Crippen molar-refractivity contribution in [3.05, 3.63) is 17.5 Å². The second kappa shape index (κ2) is 4.96.